The van der Waals surface area contributed by atoms with E-state index < -0.39 is 16.1 Å². The maximum Gasteiger partial charge on any atom is 0.242 e. The standard InChI is InChI=1S/C26H36ClN3O5S/c1-5-16-28-26(32)23(6-2)29(19-20-11-8-7-9-12-20)25(31)13-10-17-30(36(4,33)34)21-14-15-24(35-3)22(27)18-21/h7-9,11-12,14-15,18,23H,5-6,10,13,16-17,19H2,1-4H3,(H,28,32)/t23-/m0/s1. The first-order valence-corrected chi connectivity index (χ1v) is 14.3. The summed E-state index contributed by atoms with van der Waals surface area (Å²) in [5, 5.41) is 3.18. The molecule has 0 aliphatic heterocycles. The topological polar surface area (TPSA) is 96.0 Å². The molecule has 36 heavy (non-hydrogen) atoms. The summed E-state index contributed by atoms with van der Waals surface area (Å²) in [7, 11) is -2.14. The van der Waals surface area contributed by atoms with Crippen LogP contribution >= 0.6 is 11.6 Å². The number of hydrogen-bond donors (Lipinski definition) is 1. The predicted octanol–water partition coefficient (Wildman–Crippen LogP) is 4.23. The third-order valence-corrected chi connectivity index (χ3v) is 7.20. The average molecular weight is 538 g/mol. The number of sulfonamides is 1. The highest BCUT2D eigenvalue weighted by atomic mass is 35.5. The average Bonchev–Trinajstić information content (AvgIpc) is 2.84. The predicted molar refractivity (Wildman–Crippen MR) is 144 cm³/mol. The van der Waals surface area contributed by atoms with Gasteiger partial charge in [-0.25, -0.2) is 8.42 Å². The smallest absolute Gasteiger partial charge is 0.242 e. The van der Waals surface area contributed by atoms with Crippen LogP contribution in [-0.2, 0) is 26.2 Å². The van der Waals surface area contributed by atoms with Crippen LogP contribution in [0.3, 0.4) is 0 Å². The van der Waals surface area contributed by atoms with Gasteiger partial charge < -0.3 is 15.0 Å². The summed E-state index contributed by atoms with van der Waals surface area (Å²) in [4.78, 5) is 27.8. The van der Waals surface area contributed by atoms with Crippen LogP contribution in [0.15, 0.2) is 48.5 Å². The number of anilines is 1. The van der Waals surface area contributed by atoms with Gasteiger partial charge in [0.1, 0.15) is 11.8 Å². The normalized spacial score (nSPS) is 12.0. The van der Waals surface area contributed by atoms with Crippen molar-refractivity contribution in [2.24, 2.45) is 0 Å². The molecular formula is C26H36ClN3O5S. The lowest BCUT2D eigenvalue weighted by Crippen LogP contribution is -2.49. The minimum atomic E-state index is -3.62. The number of methoxy groups -OCH3 is 1. The summed E-state index contributed by atoms with van der Waals surface area (Å²) < 4.78 is 31.4. The Morgan fingerprint density at radius 1 is 1.11 bits per heavy atom. The highest BCUT2D eigenvalue weighted by Crippen LogP contribution is 2.30. The van der Waals surface area contributed by atoms with Gasteiger partial charge in [-0.15, -0.1) is 0 Å². The molecule has 2 amide bonds. The maximum absolute atomic E-state index is 13.4. The summed E-state index contributed by atoms with van der Waals surface area (Å²) >= 11 is 6.20. The largest absolute Gasteiger partial charge is 0.495 e. The third kappa shape index (κ3) is 8.41. The summed E-state index contributed by atoms with van der Waals surface area (Å²) in [6.45, 7) is 4.77. The van der Waals surface area contributed by atoms with Crippen LogP contribution in [0.5, 0.6) is 5.75 Å². The van der Waals surface area contributed by atoms with E-state index in [-0.39, 0.29) is 36.2 Å². The van der Waals surface area contributed by atoms with E-state index in [1.54, 1.807) is 17.0 Å². The van der Waals surface area contributed by atoms with Crippen molar-refractivity contribution in [2.45, 2.75) is 52.1 Å². The highest BCUT2D eigenvalue weighted by molar-refractivity contribution is 7.92. The number of nitrogens with zero attached hydrogens (tertiary/aromatic N) is 2. The quantitative estimate of drug-likeness (QED) is 0.389. The monoisotopic (exact) mass is 537 g/mol. The lowest BCUT2D eigenvalue weighted by atomic mass is 10.1. The molecule has 2 aromatic rings. The molecule has 1 atom stereocenters. The van der Waals surface area contributed by atoms with Gasteiger partial charge in [0.2, 0.25) is 21.8 Å². The number of carbonyl (C=O) groups is 2. The van der Waals surface area contributed by atoms with Crippen molar-refractivity contribution in [1.29, 1.82) is 0 Å². The van der Waals surface area contributed by atoms with Crippen LogP contribution in [0.4, 0.5) is 5.69 Å². The molecule has 0 saturated heterocycles. The van der Waals surface area contributed by atoms with Crippen LogP contribution in [0.1, 0.15) is 45.1 Å². The Labute approximate surface area is 219 Å². The third-order valence-electron chi connectivity index (χ3n) is 5.71. The molecule has 0 aliphatic carbocycles. The molecule has 0 radical (unpaired) electrons. The molecule has 0 spiro atoms. The SMILES string of the molecule is CCCNC(=O)[C@H](CC)N(Cc1ccccc1)C(=O)CCCN(c1ccc(OC)c(Cl)c1)S(C)(=O)=O. The minimum absolute atomic E-state index is 0.0836. The first-order chi connectivity index (χ1) is 17.1. The molecule has 0 aromatic heterocycles. The van der Waals surface area contributed by atoms with Crippen molar-refractivity contribution < 1.29 is 22.7 Å². The molecule has 0 heterocycles. The molecule has 8 nitrogen and oxygen atoms in total. The van der Waals surface area contributed by atoms with Crippen molar-refractivity contribution in [3.8, 4) is 5.75 Å². The van der Waals surface area contributed by atoms with Gasteiger partial charge in [-0.3, -0.25) is 13.9 Å². The second kappa shape index (κ2) is 14.1. The molecule has 0 fully saturated rings. The van der Waals surface area contributed by atoms with Gasteiger partial charge >= 0.3 is 0 Å². The van der Waals surface area contributed by atoms with Crippen LogP contribution in [0, 0.1) is 0 Å². The Hall–Kier alpha value is -2.78. The first kappa shape index (κ1) is 29.5. The van der Waals surface area contributed by atoms with Gasteiger partial charge in [0.25, 0.3) is 0 Å². The first-order valence-electron chi connectivity index (χ1n) is 12.0. The number of benzene rings is 2. The van der Waals surface area contributed by atoms with Crippen LogP contribution in [0.2, 0.25) is 5.02 Å². The van der Waals surface area contributed by atoms with E-state index >= 15 is 0 Å². The fraction of sp³-hybridized carbons (Fsp3) is 0.462. The molecule has 2 aromatic carbocycles. The van der Waals surface area contributed by atoms with E-state index in [9.17, 15) is 18.0 Å². The number of halogens is 1. The van der Waals surface area contributed by atoms with Crippen LogP contribution < -0.4 is 14.4 Å². The molecular weight excluding hydrogens is 502 g/mol. The summed E-state index contributed by atoms with van der Waals surface area (Å²) in [5.41, 5.74) is 1.31. The summed E-state index contributed by atoms with van der Waals surface area (Å²) in [6, 6.07) is 13.6. The number of nitrogens with one attached hydrogen (secondary N) is 1. The molecule has 10 heteroatoms. The molecule has 0 aliphatic rings. The van der Waals surface area contributed by atoms with Crippen molar-refractivity contribution in [3.63, 3.8) is 0 Å². The fourth-order valence-corrected chi connectivity index (χ4v) is 5.09. The Morgan fingerprint density at radius 2 is 1.81 bits per heavy atom. The Bertz CT molecular complexity index is 1110. The summed E-state index contributed by atoms with van der Waals surface area (Å²) in [6.07, 6.45) is 2.73. The molecule has 0 saturated carbocycles. The van der Waals surface area contributed by atoms with Gasteiger partial charge in [0, 0.05) is 26.1 Å². The Morgan fingerprint density at radius 3 is 2.36 bits per heavy atom. The fourth-order valence-electron chi connectivity index (χ4n) is 3.88. The number of carbonyl (C=O) groups excluding carboxylic acids is 2. The molecule has 1 N–H and O–H groups in total. The molecule has 2 rings (SSSR count). The van der Waals surface area contributed by atoms with E-state index in [0.29, 0.717) is 30.9 Å². The van der Waals surface area contributed by atoms with Crippen molar-refractivity contribution in [3.05, 3.63) is 59.1 Å². The van der Waals surface area contributed by atoms with Gasteiger partial charge in [-0.2, -0.15) is 0 Å². The Balaban J connectivity index is 2.19. The molecule has 0 bridgehead atoms. The summed E-state index contributed by atoms with van der Waals surface area (Å²) in [5.74, 6) is 0.0420. The van der Waals surface area contributed by atoms with Crippen molar-refractivity contribution >= 4 is 39.1 Å². The van der Waals surface area contributed by atoms with Gasteiger partial charge in [0.15, 0.2) is 0 Å². The second-order valence-electron chi connectivity index (χ2n) is 8.48. The van der Waals surface area contributed by atoms with Gasteiger partial charge in [0.05, 0.1) is 24.1 Å². The molecule has 0 unspecified atom stereocenters. The van der Waals surface area contributed by atoms with Crippen LogP contribution in [0.25, 0.3) is 0 Å². The van der Waals surface area contributed by atoms with Gasteiger partial charge in [-0.05, 0) is 43.0 Å². The van der Waals surface area contributed by atoms with Crippen molar-refractivity contribution in [1.82, 2.24) is 10.2 Å². The lowest BCUT2D eigenvalue weighted by Gasteiger charge is -2.31. The van der Waals surface area contributed by atoms with Gasteiger partial charge in [-0.1, -0.05) is 55.8 Å². The molecule has 198 valence electrons. The van der Waals surface area contributed by atoms with E-state index in [4.69, 9.17) is 16.3 Å². The lowest BCUT2D eigenvalue weighted by molar-refractivity contribution is -0.141. The highest BCUT2D eigenvalue weighted by Gasteiger charge is 2.28. The van der Waals surface area contributed by atoms with E-state index in [1.165, 1.54) is 17.5 Å². The number of amides is 2. The second-order valence-corrected chi connectivity index (χ2v) is 10.8. The zero-order chi connectivity index (χ0) is 26.7. The zero-order valence-electron chi connectivity index (χ0n) is 21.4. The van der Waals surface area contributed by atoms with E-state index in [1.807, 2.05) is 44.2 Å². The Kier molecular flexibility index (Phi) is 11.5. The zero-order valence-corrected chi connectivity index (χ0v) is 22.9. The van der Waals surface area contributed by atoms with E-state index in [0.717, 1.165) is 18.2 Å². The van der Waals surface area contributed by atoms with Crippen LogP contribution in [-0.4, -0.2) is 57.6 Å². The van der Waals surface area contributed by atoms with E-state index in [2.05, 4.69) is 5.32 Å². The number of ether oxygens (including phenoxy) is 1. The van der Waals surface area contributed by atoms with Crippen molar-refractivity contribution in [2.75, 3.05) is 30.8 Å². The maximum atomic E-state index is 13.4. The number of hydrogen-bond acceptors (Lipinski definition) is 5. The number of rotatable bonds is 14. The minimum Gasteiger partial charge on any atom is -0.495 e.